The number of hydrogen-bond acceptors (Lipinski definition) is 2. The molecule has 0 amide bonds. The molecule has 0 spiro atoms. The van der Waals surface area contributed by atoms with Gasteiger partial charge in [-0.25, -0.2) is 4.98 Å². The molecule has 21 heavy (non-hydrogen) atoms. The van der Waals surface area contributed by atoms with Crippen LogP contribution in [0.1, 0.15) is 26.3 Å². The van der Waals surface area contributed by atoms with E-state index in [4.69, 9.17) is 5.73 Å². The van der Waals surface area contributed by atoms with Gasteiger partial charge in [0.25, 0.3) is 0 Å². The molecule has 0 aliphatic heterocycles. The molecule has 0 fully saturated rings. The molecular weight excluding hydrogens is 256 g/mol. The largest absolute Gasteiger partial charge is 0.383 e. The molecule has 0 aliphatic rings. The Kier molecular flexibility index (Phi) is 3.17. The third-order valence-electron chi connectivity index (χ3n) is 3.76. The number of anilines is 1. The Labute approximate surface area is 125 Å². The molecule has 0 saturated heterocycles. The molecule has 0 bridgehead atoms. The summed E-state index contributed by atoms with van der Waals surface area (Å²) in [6, 6.07) is 18.9. The molecule has 0 atom stereocenters. The van der Waals surface area contributed by atoms with Crippen molar-refractivity contribution < 1.29 is 0 Å². The zero-order chi connectivity index (χ0) is 15.0. The second kappa shape index (κ2) is 4.88. The van der Waals surface area contributed by atoms with Crippen molar-refractivity contribution in [3.05, 3.63) is 60.2 Å². The van der Waals surface area contributed by atoms with Crippen LogP contribution in [0.4, 0.5) is 5.82 Å². The van der Waals surface area contributed by atoms with Crippen LogP contribution >= 0.6 is 0 Å². The fourth-order valence-electron chi connectivity index (χ4n) is 2.60. The Morgan fingerprint density at radius 3 is 2.24 bits per heavy atom. The van der Waals surface area contributed by atoms with Crippen LogP contribution in [0.3, 0.4) is 0 Å². The van der Waals surface area contributed by atoms with Crippen LogP contribution in [0.15, 0.2) is 54.6 Å². The molecule has 2 heteroatoms. The van der Waals surface area contributed by atoms with Gasteiger partial charge in [-0.1, -0.05) is 57.2 Å². The van der Waals surface area contributed by atoms with Crippen LogP contribution in [0.5, 0.6) is 0 Å². The van der Waals surface area contributed by atoms with Crippen LogP contribution in [0.2, 0.25) is 0 Å². The summed E-state index contributed by atoms with van der Waals surface area (Å²) in [4.78, 5) is 4.55. The molecule has 3 aromatic rings. The summed E-state index contributed by atoms with van der Waals surface area (Å²) in [5, 5.41) is 1.13. The summed E-state index contributed by atoms with van der Waals surface area (Å²) < 4.78 is 0. The van der Waals surface area contributed by atoms with Crippen LogP contribution in [0.25, 0.3) is 22.0 Å². The van der Waals surface area contributed by atoms with Gasteiger partial charge in [0.05, 0.1) is 5.52 Å². The first-order valence-corrected chi connectivity index (χ1v) is 7.21. The Morgan fingerprint density at radius 2 is 1.57 bits per heavy atom. The van der Waals surface area contributed by atoms with Crippen molar-refractivity contribution >= 4 is 16.7 Å². The first-order chi connectivity index (χ1) is 9.95. The predicted octanol–water partition coefficient (Wildman–Crippen LogP) is 4.78. The molecule has 2 aromatic carbocycles. The molecule has 2 nitrogen and oxygen atoms in total. The minimum absolute atomic E-state index is 0.00593. The van der Waals surface area contributed by atoms with E-state index in [9.17, 15) is 0 Å². The van der Waals surface area contributed by atoms with E-state index < -0.39 is 0 Å². The van der Waals surface area contributed by atoms with Gasteiger partial charge in [-0.2, -0.15) is 0 Å². The third-order valence-corrected chi connectivity index (χ3v) is 3.76. The first-order valence-electron chi connectivity index (χ1n) is 7.21. The van der Waals surface area contributed by atoms with E-state index in [0.29, 0.717) is 5.82 Å². The van der Waals surface area contributed by atoms with Crippen molar-refractivity contribution in [2.24, 2.45) is 0 Å². The van der Waals surface area contributed by atoms with Gasteiger partial charge in [0, 0.05) is 10.9 Å². The van der Waals surface area contributed by atoms with Crippen LogP contribution in [-0.4, -0.2) is 4.98 Å². The lowest BCUT2D eigenvalue weighted by Crippen LogP contribution is -2.15. The minimum Gasteiger partial charge on any atom is -0.383 e. The van der Waals surface area contributed by atoms with Crippen LogP contribution < -0.4 is 5.73 Å². The third kappa shape index (κ3) is 2.62. The standard InChI is InChI=1S/C19H20N2/c1-19(2,3)16-12-15-11-14(13-7-5-4-6-8-13)9-10-17(15)21-18(16)20/h4-12H,1-3H3,(H2,20,21). The van der Waals surface area contributed by atoms with E-state index in [1.165, 1.54) is 11.1 Å². The molecule has 0 saturated carbocycles. The summed E-state index contributed by atoms with van der Waals surface area (Å²) in [5.74, 6) is 0.627. The van der Waals surface area contributed by atoms with Crippen LogP contribution in [0, 0.1) is 0 Å². The molecule has 0 unspecified atom stereocenters. The Balaban J connectivity index is 2.19. The number of fused-ring (bicyclic) bond motifs is 1. The molecule has 106 valence electrons. The van der Waals surface area contributed by atoms with Crippen molar-refractivity contribution in [1.82, 2.24) is 4.98 Å². The lowest BCUT2D eigenvalue weighted by atomic mass is 9.86. The highest BCUT2D eigenvalue weighted by molar-refractivity contribution is 5.86. The fraction of sp³-hybridized carbons (Fsp3) is 0.211. The Bertz CT molecular complexity index is 784. The van der Waals surface area contributed by atoms with Gasteiger partial charge in [-0.05, 0) is 34.7 Å². The maximum Gasteiger partial charge on any atom is 0.127 e. The molecule has 0 radical (unpaired) electrons. The zero-order valence-electron chi connectivity index (χ0n) is 12.7. The minimum atomic E-state index is -0.00593. The van der Waals surface area contributed by atoms with Gasteiger partial charge in [0.2, 0.25) is 0 Å². The molecule has 1 aromatic heterocycles. The van der Waals surface area contributed by atoms with Gasteiger partial charge in [-0.3, -0.25) is 0 Å². The van der Waals surface area contributed by atoms with E-state index in [2.05, 4.69) is 68.2 Å². The number of nitrogens with two attached hydrogens (primary N) is 1. The zero-order valence-corrected chi connectivity index (χ0v) is 12.7. The lowest BCUT2D eigenvalue weighted by Gasteiger charge is -2.21. The van der Waals surface area contributed by atoms with Crippen LogP contribution in [-0.2, 0) is 5.41 Å². The number of rotatable bonds is 1. The van der Waals surface area contributed by atoms with Crippen molar-refractivity contribution in [3.8, 4) is 11.1 Å². The van der Waals surface area contributed by atoms with Crippen molar-refractivity contribution in [2.45, 2.75) is 26.2 Å². The number of hydrogen-bond donors (Lipinski definition) is 1. The van der Waals surface area contributed by atoms with E-state index in [1.807, 2.05) is 12.1 Å². The summed E-state index contributed by atoms with van der Waals surface area (Å²) in [6.07, 6.45) is 0. The molecule has 3 rings (SSSR count). The second-order valence-corrected chi connectivity index (χ2v) is 6.44. The van der Waals surface area contributed by atoms with E-state index >= 15 is 0 Å². The van der Waals surface area contributed by atoms with Gasteiger partial charge < -0.3 is 5.73 Å². The van der Waals surface area contributed by atoms with Crippen molar-refractivity contribution in [2.75, 3.05) is 5.73 Å². The average molecular weight is 276 g/mol. The fourth-order valence-corrected chi connectivity index (χ4v) is 2.60. The van der Waals surface area contributed by atoms with Crippen molar-refractivity contribution in [1.29, 1.82) is 0 Å². The number of pyridine rings is 1. The smallest absolute Gasteiger partial charge is 0.127 e. The van der Waals surface area contributed by atoms with Gasteiger partial charge in [0.15, 0.2) is 0 Å². The summed E-state index contributed by atoms with van der Waals surface area (Å²) in [6.45, 7) is 6.48. The van der Waals surface area contributed by atoms with Crippen molar-refractivity contribution in [3.63, 3.8) is 0 Å². The topological polar surface area (TPSA) is 38.9 Å². The summed E-state index contributed by atoms with van der Waals surface area (Å²) in [5.41, 5.74) is 10.6. The molecule has 1 heterocycles. The van der Waals surface area contributed by atoms with Gasteiger partial charge in [-0.15, -0.1) is 0 Å². The van der Waals surface area contributed by atoms with E-state index in [0.717, 1.165) is 16.5 Å². The SMILES string of the molecule is CC(C)(C)c1cc2cc(-c3ccccc3)ccc2nc1N. The maximum atomic E-state index is 6.11. The first kappa shape index (κ1) is 13.6. The van der Waals surface area contributed by atoms with Gasteiger partial charge in [0.1, 0.15) is 5.82 Å². The second-order valence-electron chi connectivity index (χ2n) is 6.44. The van der Waals surface area contributed by atoms with E-state index in [-0.39, 0.29) is 5.41 Å². The monoisotopic (exact) mass is 276 g/mol. The molecule has 0 aliphatic carbocycles. The predicted molar refractivity (Wildman–Crippen MR) is 90.3 cm³/mol. The number of nitrogen functional groups attached to an aromatic ring is 1. The molecule has 2 N–H and O–H groups in total. The Hall–Kier alpha value is -2.35. The van der Waals surface area contributed by atoms with E-state index in [1.54, 1.807) is 0 Å². The highest BCUT2D eigenvalue weighted by Crippen LogP contribution is 2.31. The van der Waals surface area contributed by atoms with Gasteiger partial charge >= 0.3 is 0 Å². The summed E-state index contributed by atoms with van der Waals surface area (Å²) in [7, 11) is 0. The average Bonchev–Trinajstić information content (AvgIpc) is 2.46. The number of nitrogens with zero attached hydrogens (tertiary/aromatic N) is 1. The molecular formula is C19H20N2. The summed E-state index contributed by atoms with van der Waals surface area (Å²) >= 11 is 0. The highest BCUT2D eigenvalue weighted by atomic mass is 14.8. The normalized spacial score (nSPS) is 11.8. The Morgan fingerprint density at radius 1 is 0.857 bits per heavy atom. The maximum absolute atomic E-state index is 6.11. The number of benzene rings is 2. The highest BCUT2D eigenvalue weighted by Gasteiger charge is 2.18. The number of aromatic nitrogens is 1. The lowest BCUT2D eigenvalue weighted by molar-refractivity contribution is 0.591. The quantitative estimate of drug-likeness (QED) is 0.694.